The van der Waals surface area contributed by atoms with E-state index in [1.54, 1.807) is 36.7 Å². The molecule has 1 amide bonds. The van der Waals surface area contributed by atoms with E-state index in [-0.39, 0.29) is 11.9 Å². The number of ether oxygens (including phenoxy) is 1. The van der Waals surface area contributed by atoms with Crippen LogP contribution >= 0.6 is 0 Å². The van der Waals surface area contributed by atoms with Crippen LogP contribution in [0.25, 0.3) is 0 Å². The first kappa shape index (κ1) is 13.1. The van der Waals surface area contributed by atoms with E-state index in [9.17, 15) is 4.79 Å². The van der Waals surface area contributed by atoms with Crippen molar-refractivity contribution in [1.29, 1.82) is 0 Å². The van der Waals surface area contributed by atoms with Gasteiger partial charge >= 0.3 is 0 Å². The number of rotatable bonds is 5. The molecule has 0 bridgehead atoms. The minimum Gasteiger partial charge on any atom is -0.494 e. The quantitative estimate of drug-likeness (QED) is 0.865. The van der Waals surface area contributed by atoms with Crippen molar-refractivity contribution >= 4 is 5.91 Å². The van der Waals surface area contributed by atoms with Crippen LogP contribution < -0.4 is 10.1 Å². The van der Waals surface area contributed by atoms with Gasteiger partial charge in [-0.15, -0.1) is 0 Å². The smallest absolute Gasteiger partial charge is 0.251 e. The molecule has 2 rings (SSSR count). The molecule has 0 spiro atoms. The third kappa shape index (κ3) is 3.34. The van der Waals surface area contributed by atoms with Crippen molar-refractivity contribution in [2.45, 2.75) is 19.9 Å². The van der Waals surface area contributed by atoms with Gasteiger partial charge in [0.15, 0.2) is 0 Å². The highest BCUT2D eigenvalue weighted by molar-refractivity contribution is 5.94. The van der Waals surface area contributed by atoms with E-state index in [4.69, 9.17) is 4.74 Å². The SMILES string of the molecule is CCOc1ccc(C(=O)NC(C)c2ncc[nH]2)cc1. The van der Waals surface area contributed by atoms with Gasteiger partial charge < -0.3 is 15.0 Å². The molecule has 5 heteroatoms. The fourth-order valence-electron chi connectivity index (χ4n) is 1.73. The summed E-state index contributed by atoms with van der Waals surface area (Å²) in [6, 6.07) is 6.91. The van der Waals surface area contributed by atoms with Gasteiger partial charge in [0.2, 0.25) is 0 Å². The van der Waals surface area contributed by atoms with Gasteiger partial charge in [-0.25, -0.2) is 4.98 Å². The highest BCUT2D eigenvalue weighted by Gasteiger charge is 2.12. The second-order valence-corrected chi connectivity index (χ2v) is 4.13. The van der Waals surface area contributed by atoms with Gasteiger partial charge in [0.05, 0.1) is 12.6 Å². The first-order valence-corrected chi connectivity index (χ1v) is 6.23. The topological polar surface area (TPSA) is 67.0 Å². The van der Waals surface area contributed by atoms with Crippen molar-refractivity contribution in [1.82, 2.24) is 15.3 Å². The van der Waals surface area contributed by atoms with Gasteiger partial charge in [-0.1, -0.05) is 0 Å². The average Bonchev–Trinajstić information content (AvgIpc) is 2.94. The van der Waals surface area contributed by atoms with Crippen LogP contribution in [-0.2, 0) is 0 Å². The molecular formula is C14H17N3O2. The summed E-state index contributed by atoms with van der Waals surface area (Å²) >= 11 is 0. The monoisotopic (exact) mass is 259 g/mol. The summed E-state index contributed by atoms with van der Waals surface area (Å²) in [6.45, 7) is 4.41. The van der Waals surface area contributed by atoms with Crippen LogP contribution in [0.4, 0.5) is 0 Å². The number of H-pyrrole nitrogens is 1. The van der Waals surface area contributed by atoms with Crippen molar-refractivity contribution in [2.75, 3.05) is 6.61 Å². The zero-order valence-corrected chi connectivity index (χ0v) is 11.0. The number of amides is 1. The van der Waals surface area contributed by atoms with Crippen LogP contribution in [0.5, 0.6) is 5.75 Å². The van der Waals surface area contributed by atoms with E-state index in [0.717, 1.165) is 11.6 Å². The maximum absolute atomic E-state index is 12.0. The van der Waals surface area contributed by atoms with E-state index in [0.29, 0.717) is 12.2 Å². The third-order valence-corrected chi connectivity index (χ3v) is 2.70. The second kappa shape index (κ2) is 6.04. The largest absolute Gasteiger partial charge is 0.494 e. The highest BCUT2D eigenvalue weighted by Crippen LogP contribution is 2.13. The lowest BCUT2D eigenvalue weighted by atomic mass is 10.2. The van der Waals surface area contributed by atoms with Crippen molar-refractivity contribution in [3.63, 3.8) is 0 Å². The van der Waals surface area contributed by atoms with Gasteiger partial charge in [0, 0.05) is 18.0 Å². The summed E-state index contributed by atoms with van der Waals surface area (Å²) in [4.78, 5) is 19.1. The van der Waals surface area contributed by atoms with E-state index >= 15 is 0 Å². The van der Waals surface area contributed by atoms with Gasteiger partial charge in [-0.2, -0.15) is 0 Å². The fourth-order valence-corrected chi connectivity index (χ4v) is 1.73. The van der Waals surface area contributed by atoms with Crippen molar-refractivity contribution in [3.8, 4) is 5.75 Å². The molecule has 0 saturated heterocycles. The molecule has 1 aromatic heterocycles. The average molecular weight is 259 g/mol. The molecule has 0 saturated carbocycles. The van der Waals surface area contributed by atoms with E-state index in [1.165, 1.54) is 0 Å². The Balaban J connectivity index is 1.99. The van der Waals surface area contributed by atoms with Crippen LogP contribution in [-0.4, -0.2) is 22.5 Å². The second-order valence-electron chi connectivity index (χ2n) is 4.13. The number of nitrogens with zero attached hydrogens (tertiary/aromatic N) is 1. The molecule has 1 aromatic carbocycles. The molecule has 2 N–H and O–H groups in total. The maximum atomic E-state index is 12.0. The Labute approximate surface area is 112 Å². The van der Waals surface area contributed by atoms with Gasteiger partial charge in [0.25, 0.3) is 5.91 Å². The van der Waals surface area contributed by atoms with E-state index in [1.807, 2.05) is 13.8 Å². The van der Waals surface area contributed by atoms with Crippen LogP contribution in [0.3, 0.4) is 0 Å². The lowest BCUT2D eigenvalue weighted by Gasteiger charge is -2.11. The normalized spacial score (nSPS) is 11.9. The number of carbonyl (C=O) groups is 1. The summed E-state index contributed by atoms with van der Waals surface area (Å²) in [6.07, 6.45) is 3.39. The summed E-state index contributed by atoms with van der Waals surface area (Å²) in [5.41, 5.74) is 0.599. The number of hydrogen-bond donors (Lipinski definition) is 2. The van der Waals surface area contributed by atoms with Crippen molar-refractivity contribution < 1.29 is 9.53 Å². The number of hydrogen-bond acceptors (Lipinski definition) is 3. The first-order valence-electron chi connectivity index (χ1n) is 6.23. The summed E-state index contributed by atoms with van der Waals surface area (Å²) in [7, 11) is 0. The van der Waals surface area contributed by atoms with E-state index in [2.05, 4.69) is 15.3 Å². The van der Waals surface area contributed by atoms with Crippen LogP contribution in [0.15, 0.2) is 36.7 Å². The lowest BCUT2D eigenvalue weighted by molar-refractivity contribution is 0.0938. The molecule has 2 aromatic rings. The molecule has 5 nitrogen and oxygen atoms in total. The highest BCUT2D eigenvalue weighted by atomic mass is 16.5. The number of carbonyl (C=O) groups excluding carboxylic acids is 1. The number of imidazole rings is 1. The Bertz CT molecular complexity index is 520. The molecule has 19 heavy (non-hydrogen) atoms. The fraction of sp³-hybridized carbons (Fsp3) is 0.286. The maximum Gasteiger partial charge on any atom is 0.251 e. The van der Waals surface area contributed by atoms with Crippen molar-refractivity contribution in [3.05, 3.63) is 48.0 Å². The first-order chi connectivity index (χ1) is 9.20. The van der Waals surface area contributed by atoms with E-state index < -0.39 is 0 Å². The molecule has 1 heterocycles. The van der Waals surface area contributed by atoms with Gasteiger partial charge in [-0.05, 0) is 38.1 Å². The molecular weight excluding hydrogens is 242 g/mol. The summed E-state index contributed by atoms with van der Waals surface area (Å²) in [5.74, 6) is 1.37. The van der Waals surface area contributed by atoms with Crippen LogP contribution in [0.2, 0.25) is 0 Å². The Morgan fingerprint density at radius 3 is 2.74 bits per heavy atom. The minimum absolute atomic E-state index is 0.132. The molecule has 1 unspecified atom stereocenters. The molecule has 100 valence electrons. The third-order valence-electron chi connectivity index (χ3n) is 2.70. The number of aromatic amines is 1. The zero-order chi connectivity index (χ0) is 13.7. The molecule has 0 aliphatic heterocycles. The number of benzene rings is 1. The predicted molar refractivity (Wildman–Crippen MR) is 72.1 cm³/mol. The number of aromatic nitrogens is 2. The summed E-state index contributed by atoms with van der Waals surface area (Å²) in [5, 5.41) is 2.88. The summed E-state index contributed by atoms with van der Waals surface area (Å²) < 4.78 is 5.33. The number of nitrogens with one attached hydrogen (secondary N) is 2. The minimum atomic E-state index is -0.158. The molecule has 0 aliphatic rings. The van der Waals surface area contributed by atoms with Gasteiger partial charge in [-0.3, -0.25) is 4.79 Å². The molecule has 0 fully saturated rings. The zero-order valence-electron chi connectivity index (χ0n) is 11.0. The van der Waals surface area contributed by atoms with Crippen LogP contribution in [0, 0.1) is 0 Å². The van der Waals surface area contributed by atoms with Crippen molar-refractivity contribution in [2.24, 2.45) is 0 Å². The molecule has 1 atom stereocenters. The molecule has 0 aliphatic carbocycles. The lowest BCUT2D eigenvalue weighted by Crippen LogP contribution is -2.27. The van der Waals surface area contributed by atoms with Gasteiger partial charge in [0.1, 0.15) is 11.6 Å². The Morgan fingerprint density at radius 1 is 1.42 bits per heavy atom. The van der Waals surface area contributed by atoms with Crippen LogP contribution in [0.1, 0.15) is 36.1 Å². The Morgan fingerprint density at radius 2 is 2.16 bits per heavy atom. The standard InChI is InChI=1S/C14H17N3O2/c1-3-19-12-6-4-11(5-7-12)14(18)17-10(2)13-15-8-9-16-13/h4-10H,3H2,1-2H3,(H,15,16)(H,17,18). The molecule has 0 radical (unpaired) electrons. The Hall–Kier alpha value is -2.30. The Kier molecular flexibility index (Phi) is 4.18. The predicted octanol–water partition coefficient (Wildman–Crippen LogP) is 2.30.